The molecule has 0 bridgehead atoms. The van der Waals surface area contributed by atoms with Crippen LogP contribution in [-0.4, -0.2) is 11.8 Å². The fourth-order valence-electron chi connectivity index (χ4n) is 2.16. The van der Waals surface area contributed by atoms with E-state index >= 15 is 0 Å². The van der Waals surface area contributed by atoms with Crippen LogP contribution in [0.1, 0.15) is 19.4 Å². The summed E-state index contributed by atoms with van der Waals surface area (Å²) in [5.41, 5.74) is 4.27. The molecule has 2 N–H and O–H groups in total. The molecule has 0 aliphatic heterocycles. The van der Waals surface area contributed by atoms with Crippen LogP contribution in [0.25, 0.3) is 11.1 Å². The number of carbonyl (C=O) groups is 2. The highest BCUT2D eigenvalue weighted by Gasteiger charge is 2.08. The average Bonchev–Trinajstić information content (AvgIpc) is 2.40. The van der Waals surface area contributed by atoms with Crippen LogP contribution in [-0.2, 0) is 9.59 Å². The van der Waals surface area contributed by atoms with Gasteiger partial charge in [0.15, 0.2) is 0 Å². The Bertz CT molecular complexity index is 693. The molecule has 4 heteroatoms. The van der Waals surface area contributed by atoms with E-state index in [1.807, 2.05) is 37.3 Å². The van der Waals surface area contributed by atoms with E-state index in [0.29, 0.717) is 0 Å². The van der Waals surface area contributed by atoms with Gasteiger partial charge in [0, 0.05) is 25.2 Å². The van der Waals surface area contributed by atoms with E-state index in [-0.39, 0.29) is 11.8 Å². The van der Waals surface area contributed by atoms with Crippen molar-refractivity contribution in [3.63, 3.8) is 0 Å². The van der Waals surface area contributed by atoms with Crippen LogP contribution in [0.15, 0.2) is 36.4 Å². The first kappa shape index (κ1) is 14.8. The first-order valence-corrected chi connectivity index (χ1v) is 6.64. The minimum Gasteiger partial charge on any atom is -0.326 e. The summed E-state index contributed by atoms with van der Waals surface area (Å²) in [6, 6.07) is 14.3. The fourth-order valence-corrected chi connectivity index (χ4v) is 2.16. The summed E-state index contributed by atoms with van der Waals surface area (Å²) < 4.78 is 0. The van der Waals surface area contributed by atoms with Crippen molar-refractivity contribution in [1.29, 1.82) is 0 Å². The zero-order chi connectivity index (χ0) is 15.4. The molecule has 0 heterocycles. The molecule has 2 rings (SSSR count). The third-order valence-electron chi connectivity index (χ3n) is 3.04. The van der Waals surface area contributed by atoms with Gasteiger partial charge in [0.05, 0.1) is 0 Å². The third kappa shape index (κ3) is 3.69. The van der Waals surface area contributed by atoms with Crippen molar-refractivity contribution in [2.75, 3.05) is 10.6 Å². The summed E-state index contributed by atoms with van der Waals surface area (Å²) in [7, 11) is 0. The molecule has 0 fully saturated rings. The Kier molecular flexibility index (Phi) is 4.38. The number of hydrogen-bond acceptors (Lipinski definition) is 2. The maximum absolute atomic E-state index is 11.2. The van der Waals surface area contributed by atoms with Crippen molar-refractivity contribution in [2.24, 2.45) is 0 Å². The second-order valence-electron chi connectivity index (χ2n) is 4.83. The van der Waals surface area contributed by atoms with Crippen LogP contribution in [0.2, 0.25) is 0 Å². The number of amides is 2. The predicted molar refractivity (Wildman–Crippen MR) is 84.1 cm³/mol. The van der Waals surface area contributed by atoms with E-state index in [1.54, 1.807) is 6.07 Å². The van der Waals surface area contributed by atoms with Gasteiger partial charge in [-0.15, -0.1) is 0 Å². The largest absolute Gasteiger partial charge is 0.326 e. The van der Waals surface area contributed by atoms with Crippen molar-refractivity contribution in [2.45, 2.75) is 20.8 Å². The summed E-state index contributed by atoms with van der Waals surface area (Å²) in [5.74, 6) is -0.220. The summed E-state index contributed by atoms with van der Waals surface area (Å²) >= 11 is 0. The molecule has 0 saturated heterocycles. The topological polar surface area (TPSA) is 58.2 Å². The molecule has 0 aliphatic carbocycles. The second-order valence-corrected chi connectivity index (χ2v) is 4.83. The first-order chi connectivity index (χ1) is 9.97. The quantitative estimate of drug-likeness (QED) is 0.906. The number of hydrogen-bond donors (Lipinski definition) is 2. The van der Waals surface area contributed by atoms with Gasteiger partial charge in [-0.25, -0.2) is 0 Å². The Balaban J connectivity index is 2.42. The molecule has 0 unspecified atom stereocenters. The number of carbonyl (C=O) groups excluding carboxylic acids is 2. The lowest BCUT2D eigenvalue weighted by atomic mass is 9.98. The van der Waals surface area contributed by atoms with Crippen molar-refractivity contribution in [3.05, 3.63) is 48.0 Å². The zero-order valence-corrected chi connectivity index (χ0v) is 12.3. The van der Waals surface area contributed by atoms with E-state index in [1.165, 1.54) is 13.8 Å². The highest BCUT2D eigenvalue weighted by Crippen LogP contribution is 2.29. The molecule has 21 heavy (non-hydrogen) atoms. The Hall–Kier alpha value is -2.62. The highest BCUT2D eigenvalue weighted by atomic mass is 16.2. The van der Waals surface area contributed by atoms with Gasteiger partial charge >= 0.3 is 0 Å². The molecule has 0 aromatic heterocycles. The van der Waals surface area contributed by atoms with Crippen molar-refractivity contribution in [3.8, 4) is 11.1 Å². The normalized spacial score (nSPS) is 10.0. The molecule has 0 atom stereocenters. The van der Waals surface area contributed by atoms with Gasteiger partial charge in [0.25, 0.3) is 0 Å². The SMILES string of the molecule is CC(=O)Nc1cccc(-c2[c]ccc(NC(C)=O)c2C)c1. The number of benzene rings is 2. The first-order valence-electron chi connectivity index (χ1n) is 6.64. The molecule has 0 spiro atoms. The van der Waals surface area contributed by atoms with Crippen LogP contribution >= 0.6 is 0 Å². The smallest absolute Gasteiger partial charge is 0.221 e. The van der Waals surface area contributed by atoms with Crippen LogP contribution in [0, 0.1) is 13.0 Å². The molecule has 0 aliphatic rings. The van der Waals surface area contributed by atoms with Crippen LogP contribution < -0.4 is 10.6 Å². The summed E-state index contributed by atoms with van der Waals surface area (Å²) in [4.78, 5) is 22.4. The number of rotatable bonds is 3. The van der Waals surface area contributed by atoms with Crippen LogP contribution in [0.5, 0.6) is 0 Å². The van der Waals surface area contributed by atoms with Crippen LogP contribution in [0.4, 0.5) is 11.4 Å². The van der Waals surface area contributed by atoms with E-state index in [2.05, 4.69) is 16.7 Å². The second kappa shape index (κ2) is 6.22. The minimum absolute atomic E-state index is 0.109. The molecule has 1 radical (unpaired) electrons. The van der Waals surface area contributed by atoms with E-state index < -0.39 is 0 Å². The Morgan fingerprint density at radius 2 is 1.76 bits per heavy atom. The van der Waals surface area contributed by atoms with Crippen molar-refractivity contribution in [1.82, 2.24) is 0 Å². The van der Waals surface area contributed by atoms with Gasteiger partial charge in [0.2, 0.25) is 11.8 Å². The van der Waals surface area contributed by atoms with Crippen molar-refractivity contribution < 1.29 is 9.59 Å². The molecule has 2 aromatic carbocycles. The number of anilines is 2. The summed E-state index contributed by atoms with van der Waals surface area (Å²) in [6.07, 6.45) is 0. The van der Waals surface area contributed by atoms with Crippen LogP contribution in [0.3, 0.4) is 0 Å². The van der Waals surface area contributed by atoms with Gasteiger partial charge in [-0.2, -0.15) is 0 Å². The fraction of sp³-hybridized carbons (Fsp3) is 0.176. The van der Waals surface area contributed by atoms with E-state index in [0.717, 1.165) is 28.1 Å². The highest BCUT2D eigenvalue weighted by molar-refractivity contribution is 5.92. The standard InChI is InChI=1S/C17H17N2O2/c1-11-16(8-5-9-17(11)19-13(3)21)14-6-4-7-15(10-14)18-12(2)20/h4-7,9-10H,1-3H3,(H,18,20)(H,19,21). The maximum atomic E-state index is 11.2. The molecule has 4 nitrogen and oxygen atoms in total. The molecular formula is C17H17N2O2. The van der Waals surface area contributed by atoms with Gasteiger partial charge < -0.3 is 10.6 Å². The molecule has 2 aromatic rings. The van der Waals surface area contributed by atoms with Gasteiger partial charge in [-0.05, 0) is 47.9 Å². The van der Waals surface area contributed by atoms with Gasteiger partial charge in [0.1, 0.15) is 0 Å². The lowest BCUT2D eigenvalue weighted by Crippen LogP contribution is -2.07. The van der Waals surface area contributed by atoms with Gasteiger partial charge in [-0.1, -0.05) is 18.2 Å². The predicted octanol–water partition coefficient (Wildman–Crippen LogP) is 3.38. The minimum atomic E-state index is -0.111. The van der Waals surface area contributed by atoms with E-state index in [9.17, 15) is 9.59 Å². The van der Waals surface area contributed by atoms with Gasteiger partial charge in [-0.3, -0.25) is 9.59 Å². The summed E-state index contributed by atoms with van der Waals surface area (Å²) in [6.45, 7) is 4.89. The lowest BCUT2D eigenvalue weighted by Gasteiger charge is -2.12. The summed E-state index contributed by atoms with van der Waals surface area (Å²) in [5, 5.41) is 5.56. The zero-order valence-electron chi connectivity index (χ0n) is 12.3. The van der Waals surface area contributed by atoms with E-state index in [4.69, 9.17) is 0 Å². The average molecular weight is 281 g/mol. The Labute approximate surface area is 124 Å². The number of nitrogens with one attached hydrogen (secondary N) is 2. The molecular weight excluding hydrogens is 264 g/mol. The van der Waals surface area contributed by atoms with Crippen molar-refractivity contribution >= 4 is 23.2 Å². The lowest BCUT2D eigenvalue weighted by molar-refractivity contribution is -0.115. The molecule has 107 valence electrons. The molecule has 2 amide bonds. The monoisotopic (exact) mass is 281 g/mol. The Morgan fingerprint density at radius 1 is 1.05 bits per heavy atom. The maximum Gasteiger partial charge on any atom is 0.221 e. The Morgan fingerprint density at radius 3 is 2.43 bits per heavy atom. The third-order valence-corrected chi connectivity index (χ3v) is 3.04. The molecule has 0 saturated carbocycles.